The maximum atomic E-state index is 12.7. The van der Waals surface area contributed by atoms with Gasteiger partial charge >= 0.3 is 0 Å². The normalized spacial score (nSPS) is 15.9. The van der Waals surface area contributed by atoms with Crippen molar-refractivity contribution in [3.05, 3.63) is 78.0 Å². The molecule has 3 heterocycles. The number of rotatable bonds is 8. The number of carbonyl (C=O) groups is 1. The predicted octanol–water partition coefficient (Wildman–Crippen LogP) is 3.76. The summed E-state index contributed by atoms with van der Waals surface area (Å²) in [7, 11) is 3.63. The van der Waals surface area contributed by atoms with Crippen LogP contribution in [0.25, 0.3) is 16.6 Å². The third-order valence-electron chi connectivity index (χ3n) is 7.39. The van der Waals surface area contributed by atoms with Crippen molar-refractivity contribution in [1.29, 1.82) is 0 Å². The van der Waals surface area contributed by atoms with E-state index in [1.807, 2.05) is 36.9 Å². The van der Waals surface area contributed by atoms with E-state index in [0.717, 1.165) is 67.9 Å². The lowest BCUT2D eigenvalue weighted by atomic mass is 9.98. The summed E-state index contributed by atoms with van der Waals surface area (Å²) < 4.78 is 1.94. The quantitative estimate of drug-likeness (QED) is 0.411. The molecule has 188 valence electrons. The lowest BCUT2D eigenvalue weighted by Crippen LogP contribution is -2.47. The Morgan fingerprint density at radius 1 is 1.06 bits per heavy atom. The Balaban J connectivity index is 1.15. The number of aromatic amines is 1. The maximum absolute atomic E-state index is 12.7. The van der Waals surface area contributed by atoms with Crippen molar-refractivity contribution >= 4 is 16.8 Å². The third kappa shape index (κ3) is 5.05. The Hall–Kier alpha value is -3.49. The number of amides is 1. The minimum Gasteiger partial charge on any atom is -0.361 e. The van der Waals surface area contributed by atoms with Gasteiger partial charge in [0.1, 0.15) is 12.7 Å². The molecule has 1 unspecified atom stereocenters. The highest BCUT2D eigenvalue weighted by molar-refractivity contribution is 5.95. The van der Waals surface area contributed by atoms with Crippen LogP contribution in [0.3, 0.4) is 0 Å². The zero-order valence-electron chi connectivity index (χ0n) is 21.4. The summed E-state index contributed by atoms with van der Waals surface area (Å²) in [5.74, 6) is 0.0715. The van der Waals surface area contributed by atoms with Gasteiger partial charge in [-0.3, -0.25) is 14.3 Å². The fourth-order valence-electron chi connectivity index (χ4n) is 5.23. The van der Waals surface area contributed by atoms with E-state index in [4.69, 9.17) is 0 Å². The van der Waals surface area contributed by atoms with Crippen molar-refractivity contribution in [1.82, 2.24) is 34.4 Å². The van der Waals surface area contributed by atoms with Gasteiger partial charge in [0.2, 0.25) is 0 Å². The van der Waals surface area contributed by atoms with Gasteiger partial charge in [-0.05, 0) is 61.7 Å². The summed E-state index contributed by atoms with van der Waals surface area (Å²) in [6.07, 6.45) is 7.77. The Labute approximate surface area is 212 Å². The minimum atomic E-state index is 0.0715. The summed E-state index contributed by atoms with van der Waals surface area (Å²) in [6.45, 7) is 7.46. The molecule has 2 aromatic carbocycles. The van der Waals surface area contributed by atoms with E-state index in [0.29, 0.717) is 0 Å². The first-order valence-electron chi connectivity index (χ1n) is 12.7. The van der Waals surface area contributed by atoms with Gasteiger partial charge in [-0.25, -0.2) is 0 Å². The average molecular weight is 486 g/mol. The SMILES string of the molecule is CC(c1ccccc1C(=O)N(C)C)N1CCN(CCCc2c[nH]c3ccc(-n4cnnc4)cc23)CC1. The zero-order valence-corrected chi connectivity index (χ0v) is 21.4. The number of H-pyrrole nitrogens is 1. The van der Waals surface area contributed by atoms with E-state index >= 15 is 0 Å². The van der Waals surface area contributed by atoms with Gasteiger partial charge in [0.15, 0.2) is 0 Å². The highest BCUT2D eigenvalue weighted by atomic mass is 16.2. The van der Waals surface area contributed by atoms with Gasteiger partial charge in [-0.15, -0.1) is 10.2 Å². The second-order valence-corrected chi connectivity index (χ2v) is 9.86. The first-order chi connectivity index (χ1) is 17.5. The number of aryl methyl sites for hydroxylation is 1. The highest BCUT2D eigenvalue weighted by Crippen LogP contribution is 2.26. The van der Waals surface area contributed by atoms with Crippen molar-refractivity contribution < 1.29 is 4.79 Å². The molecule has 1 atom stereocenters. The number of aromatic nitrogens is 4. The molecule has 0 aliphatic carbocycles. The lowest BCUT2D eigenvalue weighted by Gasteiger charge is -2.38. The molecule has 1 N–H and O–H groups in total. The zero-order chi connectivity index (χ0) is 25.1. The first-order valence-corrected chi connectivity index (χ1v) is 12.7. The molecule has 0 radical (unpaired) electrons. The van der Waals surface area contributed by atoms with Crippen molar-refractivity contribution in [2.24, 2.45) is 0 Å². The molecule has 4 aromatic rings. The molecule has 1 aliphatic rings. The molecule has 0 saturated carbocycles. The van der Waals surface area contributed by atoms with Crippen LogP contribution < -0.4 is 0 Å². The topological polar surface area (TPSA) is 73.3 Å². The fourth-order valence-corrected chi connectivity index (χ4v) is 5.23. The number of carbonyl (C=O) groups excluding carboxylic acids is 1. The summed E-state index contributed by atoms with van der Waals surface area (Å²) in [6, 6.07) is 14.7. The summed E-state index contributed by atoms with van der Waals surface area (Å²) in [5, 5.41) is 9.11. The van der Waals surface area contributed by atoms with Crippen LogP contribution in [0.4, 0.5) is 0 Å². The van der Waals surface area contributed by atoms with Gasteiger partial charge in [0.25, 0.3) is 5.91 Å². The number of nitrogens with one attached hydrogen (secondary N) is 1. The van der Waals surface area contributed by atoms with Crippen molar-refractivity contribution in [3.63, 3.8) is 0 Å². The Morgan fingerprint density at radius 3 is 2.56 bits per heavy atom. The molecule has 8 nitrogen and oxygen atoms in total. The summed E-state index contributed by atoms with van der Waals surface area (Å²) in [4.78, 5) is 22.8. The lowest BCUT2D eigenvalue weighted by molar-refractivity contribution is 0.0814. The Bertz CT molecular complexity index is 1300. The molecule has 36 heavy (non-hydrogen) atoms. The van der Waals surface area contributed by atoms with Gasteiger partial charge in [-0.2, -0.15) is 0 Å². The van der Waals surface area contributed by atoms with Crippen LogP contribution >= 0.6 is 0 Å². The molecule has 1 saturated heterocycles. The van der Waals surface area contributed by atoms with Crippen LogP contribution in [0.15, 0.2) is 61.3 Å². The number of hydrogen-bond acceptors (Lipinski definition) is 5. The second-order valence-electron chi connectivity index (χ2n) is 9.86. The smallest absolute Gasteiger partial charge is 0.253 e. The van der Waals surface area contributed by atoms with Gasteiger partial charge in [-0.1, -0.05) is 18.2 Å². The van der Waals surface area contributed by atoms with Crippen LogP contribution in [0, 0.1) is 0 Å². The number of piperazine rings is 1. The van der Waals surface area contributed by atoms with E-state index in [1.54, 1.807) is 17.6 Å². The van der Waals surface area contributed by atoms with Gasteiger partial charge in [0.05, 0.1) is 0 Å². The van der Waals surface area contributed by atoms with Gasteiger partial charge < -0.3 is 14.8 Å². The number of fused-ring (bicyclic) bond motifs is 1. The van der Waals surface area contributed by atoms with E-state index in [9.17, 15) is 4.79 Å². The molecule has 8 heteroatoms. The van der Waals surface area contributed by atoms with Crippen LogP contribution in [-0.2, 0) is 6.42 Å². The van der Waals surface area contributed by atoms with Crippen LogP contribution in [0.2, 0.25) is 0 Å². The molecule has 0 bridgehead atoms. The molecule has 5 rings (SSSR count). The molecule has 2 aromatic heterocycles. The monoisotopic (exact) mass is 485 g/mol. The van der Waals surface area contributed by atoms with Crippen molar-refractivity contribution in [3.8, 4) is 5.69 Å². The summed E-state index contributed by atoms with van der Waals surface area (Å²) >= 11 is 0. The maximum Gasteiger partial charge on any atom is 0.253 e. The molecule has 0 spiro atoms. The fraction of sp³-hybridized carbons (Fsp3) is 0.393. The summed E-state index contributed by atoms with van der Waals surface area (Å²) in [5.41, 5.74) is 5.53. The standard InChI is InChI=1S/C28H35N7O/c1-21(24-8-4-5-9-25(24)28(36)32(2)3)34-15-13-33(14-16-34)12-6-7-22-18-29-27-11-10-23(17-26(22)27)35-19-30-31-20-35/h4-5,8-11,17-21,29H,6-7,12-16H2,1-3H3. The van der Waals surface area contributed by atoms with Gasteiger partial charge in [0, 0.05) is 74.7 Å². The number of nitrogens with zero attached hydrogens (tertiary/aromatic N) is 6. The highest BCUT2D eigenvalue weighted by Gasteiger charge is 2.25. The minimum absolute atomic E-state index is 0.0715. The number of benzene rings is 2. The Morgan fingerprint density at radius 2 is 1.81 bits per heavy atom. The average Bonchev–Trinajstić information content (AvgIpc) is 3.58. The Kier molecular flexibility index (Phi) is 7.16. The molecular weight excluding hydrogens is 450 g/mol. The number of hydrogen-bond donors (Lipinski definition) is 1. The van der Waals surface area contributed by atoms with E-state index in [-0.39, 0.29) is 11.9 Å². The molecule has 1 aliphatic heterocycles. The van der Waals surface area contributed by atoms with E-state index in [1.165, 1.54) is 10.9 Å². The van der Waals surface area contributed by atoms with Crippen molar-refractivity contribution in [2.75, 3.05) is 46.8 Å². The predicted molar refractivity (Wildman–Crippen MR) is 142 cm³/mol. The first kappa shape index (κ1) is 24.2. The van der Waals surface area contributed by atoms with Crippen LogP contribution in [0.1, 0.15) is 40.9 Å². The van der Waals surface area contributed by atoms with Crippen LogP contribution in [-0.4, -0.2) is 87.2 Å². The van der Waals surface area contributed by atoms with E-state index in [2.05, 4.69) is 62.4 Å². The van der Waals surface area contributed by atoms with E-state index < -0.39 is 0 Å². The molecular formula is C28H35N7O. The third-order valence-corrected chi connectivity index (χ3v) is 7.39. The van der Waals surface area contributed by atoms with Crippen molar-refractivity contribution in [2.45, 2.75) is 25.8 Å². The van der Waals surface area contributed by atoms with Crippen LogP contribution in [0.5, 0.6) is 0 Å². The molecule has 1 amide bonds. The largest absolute Gasteiger partial charge is 0.361 e. The molecule has 1 fully saturated rings. The second kappa shape index (κ2) is 10.6.